The zero-order valence-electron chi connectivity index (χ0n) is 10.3. The van der Waals surface area contributed by atoms with Crippen LogP contribution in [0.1, 0.15) is 53.9 Å². The molecule has 2 heteroatoms. The maximum atomic E-state index is 11.3. The first kappa shape index (κ1) is 13.5. The summed E-state index contributed by atoms with van der Waals surface area (Å²) < 4.78 is 0. The quantitative estimate of drug-likeness (QED) is 0.700. The van der Waals surface area contributed by atoms with Gasteiger partial charge in [0.2, 0.25) is 5.91 Å². The first-order valence-corrected chi connectivity index (χ1v) is 5.76. The maximum absolute atomic E-state index is 11.3. The normalized spacial score (nSPS) is 13.4. The van der Waals surface area contributed by atoms with E-state index in [0.717, 1.165) is 12.3 Å². The second-order valence-corrected chi connectivity index (χ2v) is 4.74. The van der Waals surface area contributed by atoms with Crippen LogP contribution < -0.4 is 5.32 Å². The molecule has 0 heterocycles. The van der Waals surface area contributed by atoms with Crippen molar-refractivity contribution in [3.05, 3.63) is 0 Å². The highest BCUT2D eigenvalue weighted by molar-refractivity contribution is 5.75. The summed E-state index contributed by atoms with van der Waals surface area (Å²) in [5.41, 5.74) is 0. The second-order valence-electron chi connectivity index (χ2n) is 4.74. The summed E-state index contributed by atoms with van der Waals surface area (Å²) in [6.07, 6.45) is 2.87. The van der Waals surface area contributed by atoms with Gasteiger partial charge in [-0.05, 0) is 24.7 Å². The Hall–Kier alpha value is -0.530. The average Bonchev–Trinajstić information content (AvgIpc) is 2.10. The van der Waals surface area contributed by atoms with Crippen LogP contribution in [0.4, 0.5) is 0 Å². The molecule has 14 heavy (non-hydrogen) atoms. The summed E-state index contributed by atoms with van der Waals surface area (Å²) in [6, 6.07) is 0.352. The van der Waals surface area contributed by atoms with Crippen molar-refractivity contribution in [1.82, 2.24) is 5.32 Å². The molecular weight excluding hydrogens is 174 g/mol. The van der Waals surface area contributed by atoms with Crippen LogP contribution in [0, 0.1) is 11.8 Å². The van der Waals surface area contributed by atoms with E-state index in [1.54, 1.807) is 0 Å². The van der Waals surface area contributed by atoms with Crippen molar-refractivity contribution in [2.24, 2.45) is 11.8 Å². The van der Waals surface area contributed by atoms with Crippen molar-refractivity contribution in [2.75, 3.05) is 0 Å². The van der Waals surface area contributed by atoms with Gasteiger partial charge in [-0.2, -0.15) is 0 Å². The van der Waals surface area contributed by atoms with Crippen LogP contribution in [0.15, 0.2) is 0 Å². The molecule has 0 saturated carbocycles. The molecule has 1 unspecified atom stereocenters. The summed E-state index contributed by atoms with van der Waals surface area (Å²) in [5.74, 6) is 1.42. The van der Waals surface area contributed by atoms with E-state index in [0.29, 0.717) is 18.4 Å². The van der Waals surface area contributed by atoms with E-state index in [9.17, 15) is 4.79 Å². The van der Waals surface area contributed by atoms with Gasteiger partial charge in [0.1, 0.15) is 0 Å². The van der Waals surface area contributed by atoms with E-state index in [1.165, 1.54) is 6.42 Å². The van der Waals surface area contributed by atoms with Crippen LogP contribution in [0.5, 0.6) is 0 Å². The van der Waals surface area contributed by atoms with Crippen molar-refractivity contribution >= 4 is 5.91 Å². The summed E-state index contributed by atoms with van der Waals surface area (Å²) >= 11 is 0. The fourth-order valence-corrected chi connectivity index (χ4v) is 1.39. The molecule has 0 bridgehead atoms. The highest BCUT2D eigenvalue weighted by Crippen LogP contribution is 2.13. The Bertz CT molecular complexity index is 164. The average molecular weight is 199 g/mol. The molecule has 84 valence electrons. The SMILES string of the molecule is CCC(=O)NC(CCC(C)C)C(C)C. The van der Waals surface area contributed by atoms with Crippen LogP contribution in [-0.4, -0.2) is 11.9 Å². The Morgan fingerprint density at radius 3 is 2.07 bits per heavy atom. The van der Waals surface area contributed by atoms with Gasteiger partial charge in [0.05, 0.1) is 0 Å². The predicted octanol–water partition coefficient (Wildman–Crippen LogP) is 2.97. The van der Waals surface area contributed by atoms with Crippen LogP contribution >= 0.6 is 0 Å². The molecular formula is C12H25NO. The third kappa shape index (κ3) is 6.01. The molecule has 0 rings (SSSR count). The summed E-state index contributed by atoms with van der Waals surface area (Å²) in [5, 5.41) is 3.08. The number of amides is 1. The van der Waals surface area contributed by atoms with E-state index in [4.69, 9.17) is 0 Å². The second kappa shape index (κ2) is 6.86. The Balaban J connectivity index is 3.96. The standard InChI is InChI=1S/C12H25NO/c1-6-12(14)13-11(10(4)5)8-7-9(2)3/h9-11H,6-8H2,1-5H3,(H,13,14). The molecule has 0 saturated heterocycles. The highest BCUT2D eigenvalue weighted by atomic mass is 16.1. The Morgan fingerprint density at radius 2 is 1.71 bits per heavy atom. The lowest BCUT2D eigenvalue weighted by Crippen LogP contribution is -2.38. The Kier molecular flexibility index (Phi) is 6.60. The molecule has 1 amide bonds. The van der Waals surface area contributed by atoms with Gasteiger partial charge in [-0.1, -0.05) is 34.6 Å². The molecule has 0 spiro atoms. The van der Waals surface area contributed by atoms with E-state index in [1.807, 2.05) is 6.92 Å². The van der Waals surface area contributed by atoms with Crippen molar-refractivity contribution in [3.63, 3.8) is 0 Å². The number of carbonyl (C=O) groups excluding carboxylic acids is 1. The Morgan fingerprint density at radius 1 is 1.14 bits per heavy atom. The van der Waals surface area contributed by atoms with Crippen molar-refractivity contribution in [1.29, 1.82) is 0 Å². The topological polar surface area (TPSA) is 29.1 Å². The van der Waals surface area contributed by atoms with E-state index in [2.05, 4.69) is 33.0 Å². The zero-order valence-corrected chi connectivity index (χ0v) is 10.3. The van der Waals surface area contributed by atoms with E-state index < -0.39 is 0 Å². The van der Waals surface area contributed by atoms with Crippen LogP contribution in [0.25, 0.3) is 0 Å². The minimum absolute atomic E-state index is 0.174. The fraction of sp³-hybridized carbons (Fsp3) is 0.917. The number of carbonyl (C=O) groups is 1. The number of nitrogens with one attached hydrogen (secondary N) is 1. The summed E-state index contributed by atoms with van der Waals surface area (Å²) in [7, 11) is 0. The summed E-state index contributed by atoms with van der Waals surface area (Å²) in [4.78, 5) is 11.3. The molecule has 0 aliphatic carbocycles. The minimum atomic E-state index is 0.174. The minimum Gasteiger partial charge on any atom is -0.353 e. The molecule has 0 aromatic rings. The van der Waals surface area contributed by atoms with E-state index in [-0.39, 0.29) is 5.91 Å². The molecule has 0 fully saturated rings. The molecule has 0 aromatic carbocycles. The van der Waals surface area contributed by atoms with Gasteiger partial charge < -0.3 is 5.32 Å². The van der Waals surface area contributed by atoms with E-state index >= 15 is 0 Å². The van der Waals surface area contributed by atoms with Gasteiger partial charge in [0, 0.05) is 12.5 Å². The fourth-order valence-electron chi connectivity index (χ4n) is 1.39. The van der Waals surface area contributed by atoms with Gasteiger partial charge in [-0.25, -0.2) is 0 Å². The first-order valence-electron chi connectivity index (χ1n) is 5.76. The molecule has 1 atom stereocenters. The number of rotatable bonds is 6. The zero-order chi connectivity index (χ0) is 11.1. The molecule has 2 nitrogen and oxygen atoms in total. The summed E-state index contributed by atoms with van der Waals surface area (Å²) in [6.45, 7) is 10.7. The van der Waals surface area contributed by atoms with Crippen LogP contribution in [0.2, 0.25) is 0 Å². The lowest BCUT2D eigenvalue weighted by atomic mass is 9.95. The van der Waals surface area contributed by atoms with Crippen LogP contribution in [0.3, 0.4) is 0 Å². The third-order valence-electron chi connectivity index (χ3n) is 2.53. The van der Waals surface area contributed by atoms with Gasteiger partial charge >= 0.3 is 0 Å². The molecule has 0 aliphatic heterocycles. The van der Waals surface area contributed by atoms with Gasteiger partial charge in [0.15, 0.2) is 0 Å². The molecule has 0 aromatic heterocycles. The monoisotopic (exact) mass is 199 g/mol. The van der Waals surface area contributed by atoms with Crippen LogP contribution in [-0.2, 0) is 4.79 Å². The lowest BCUT2D eigenvalue weighted by Gasteiger charge is -2.23. The van der Waals surface area contributed by atoms with Gasteiger partial charge in [-0.15, -0.1) is 0 Å². The van der Waals surface area contributed by atoms with Gasteiger partial charge in [-0.3, -0.25) is 4.79 Å². The largest absolute Gasteiger partial charge is 0.353 e. The first-order chi connectivity index (χ1) is 6.47. The van der Waals surface area contributed by atoms with Gasteiger partial charge in [0.25, 0.3) is 0 Å². The Labute approximate surface area is 88.5 Å². The lowest BCUT2D eigenvalue weighted by molar-refractivity contribution is -0.121. The third-order valence-corrected chi connectivity index (χ3v) is 2.53. The van der Waals surface area contributed by atoms with Crippen molar-refractivity contribution < 1.29 is 4.79 Å². The predicted molar refractivity (Wildman–Crippen MR) is 61.1 cm³/mol. The highest BCUT2D eigenvalue weighted by Gasteiger charge is 2.15. The molecule has 0 aliphatic rings. The van der Waals surface area contributed by atoms with Crippen molar-refractivity contribution in [2.45, 2.75) is 59.9 Å². The molecule has 0 radical (unpaired) electrons. The maximum Gasteiger partial charge on any atom is 0.219 e. The molecule has 1 N–H and O–H groups in total. The van der Waals surface area contributed by atoms with Crippen molar-refractivity contribution in [3.8, 4) is 0 Å². The number of hydrogen-bond donors (Lipinski definition) is 1. The smallest absolute Gasteiger partial charge is 0.219 e. The number of hydrogen-bond acceptors (Lipinski definition) is 1.